The number of anilines is 1. The van der Waals surface area contributed by atoms with Gasteiger partial charge in [0.05, 0.1) is 12.7 Å². The summed E-state index contributed by atoms with van der Waals surface area (Å²) < 4.78 is 5.22. The molecule has 7 heteroatoms. The minimum atomic E-state index is -0.105. The molecule has 3 rings (SSSR count). The van der Waals surface area contributed by atoms with E-state index in [2.05, 4.69) is 17.3 Å². The van der Waals surface area contributed by atoms with Crippen LogP contribution >= 0.6 is 11.3 Å². The van der Waals surface area contributed by atoms with Crippen LogP contribution in [0.1, 0.15) is 23.2 Å². The fourth-order valence-electron chi connectivity index (χ4n) is 3.26. The Morgan fingerprint density at radius 2 is 2.14 bits per heavy atom. The molecule has 0 atom stereocenters. The van der Waals surface area contributed by atoms with E-state index in [1.165, 1.54) is 11.3 Å². The van der Waals surface area contributed by atoms with E-state index in [-0.39, 0.29) is 17.8 Å². The smallest absolute Gasteiger partial charge is 0.260 e. The quantitative estimate of drug-likeness (QED) is 0.572. The Labute approximate surface area is 169 Å². The highest BCUT2D eigenvalue weighted by Gasteiger charge is 2.30. The molecule has 1 aromatic heterocycles. The SMILES string of the molecule is COc1cccc(N/C=C\C(=N)N(C(=O)c2ccsc2)C2CCN(C)CC2)c1. The molecule has 1 aliphatic rings. The predicted octanol–water partition coefficient (Wildman–Crippen LogP) is 3.90. The largest absolute Gasteiger partial charge is 0.497 e. The molecule has 1 aliphatic heterocycles. The summed E-state index contributed by atoms with van der Waals surface area (Å²) in [6.45, 7) is 1.86. The van der Waals surface area contributed by atoms with Crippen LogP contribution in [0.5, 0.6) is 5.75 Å². The Bertz CT molecular complexity index is 827. The first kappa shape index (κ1) is 20.1. The lowest BCUT2D eigenvalue weighted by molar-refractivity contribution is 0.0749. The third-order valence-corrected chi connectivity index (χ3v) is 5.54. The van der Waals surface area contributed by atoms with Crippen LogP contribution in [0.2, 0.25) is 0 Å². The van der Waals surface area contributed by atoms with E-state index in [0.717, 1.165) is 37.4 Å². The van der Waals surface area contributed by atoms with Crippen LogP contribution < -0.4 is 10.1 Å². The lowest BCUT2D eigenvalue weighted by atomic mass is 10.0. The Morgan fingerprint density at radius 3 is 2.82 bits per heavy atom. The van der Waals surface area contributed by atoms with Gasteiger partial charge in [-0.15, -0.1) is 0 Å². The number of rotatable bonds is 6. The Balaban J connectivity index is 1.73. The Hall–Kier alpha value is -2.64. The molecule has 0 saturated carbocycles. The fraction of sp³-hybridized carbons (Fsp3) is 0.333. The average molecular weight is 399 g/mol. The minimum Gasteiger partial charge on any atom is -0.497 e. The van der Waals surface area contributed by atoms with Gasteiger partial charge >= 0.3 is 0 Å². The number of nitrogens with one attached hydrogen (secondary N) is 2. The number of carbonyl (C=O) groups is 1. The van der Waals surface area contributed by atoms with E-state index < -0.39 is 0 Å². The number of amides is 1. The normalized spacial score (nSPS) is 15.5. The van der Waals surface area contributed by atoms with Crippen molar-refractivity contribution in [3.05, 3.63) is 58.9 Å². The highest BCUT2D eigenvalue weighted by atomic mass is 32.1. The van der Waals surface area contributed by atoms with Crippen LogP contribution in [0.25, 0.3) is 0 Å². The van der Waals surface area contributed by atoms with E-state index in [1.54, 1.807) is 24.3 Å². The van der Waals surface area contributed by atoms with Crippen molar-refractivity contribution >= 4 is 28.8 Å². The number of likely N-dealkylation sites (tertiary alicyclic amines) is 1. The summed E-state index contributed by atoms with van der Waals surface area (Å²) in [6, 6.07) is 9.42. The monoisotopic (exact) mass is 398 g/mol. The third-order valence-electron chi connectivity index (χ3n) is 4.86. The number of amidine groups is 1. The van der Waals surface area contributed by atoms with Crippen molar-refractivity contribution in [3.8, 4) is 5.75 Å². The number of benzene rings is 1. The van der Waals surface area contributed by atoms with Crippen molar-refractivity contribution in [2.24, 2.45) is 0 Å². The summed E-state index contributed by atoms with van der Waals surface area (Å²) >= 11 is 1.49. The third kappa shape index (κ3) is 4.99. The van der Waals surface area contributed by atoms with Gasteiger partial charge < -0.3 is 15.0 Å². The number of hydrogen-bond donors (Lipinski definition) is 2. The first-order chi connectivity index (χ1) is 13.6. The standard InChI is InChI=1S/C21H26N4O2S/c1-24-11-7-18(8-12-24)25(21(26)16-9-13-28-15-16)20(22)6-10-23-17-4-3-5-19(14-17)27-2/h3-6,9-10,13-15,18,22-23H,7-8,11-12H2,1-2H3/b10-6-,22-20?. The van der Waals surface area contributed by atoms with Gasteiger partial charge in [0.1, 0.15) is 11.6 Å². The molecule has 6 nitrogen and oxygen atoms in total. The van der Waals surface area contributed by atoms with Crippen molar-refractivity contribution in [3.63, 3.8) is 0 Å². The van der Waals surface area contributed by atoms with Gasteiger partial charge in [0.25, 0.3) is 5.91 Å². The zero-order valence-electron chi connectivity index (χ0n) is 16.2. The van der Waals surface area contributed by atoms with Gasteiger partial charge in [-0.25, -0.2) is 0 Å². The van der Waals surface area contributed by atoms with Gasteiger partial charge in [0, 0.05) is 29.4 Å². The molecule has 0 spiro atoms. The molecule has 0 aliphatic carbocycles. The summed E-state index contributed by atoms with van der Waals surface area (Å²) in [5, 5.41) is 15.4. The molecule has 2 aromatic rings. The molecule has 1 amide bonds. The van der Waals surface area contributed by atoms with Crippen LogP contribution in [-0.2, 0) is 0 Å². The molecule has 0 unspecified atom stereocenters. The molecule has 2 heterocycles. The summed E-state index contributed by atoms with van der Waals surface area (Å²) in [5.41, 5.74) is 1.50. The van der Waals surface area contributed by atoms with E-state index in [4.69, 9.17) is 10.1 Å². The Morgan fingerprint density at radius 1 is 1.36 bits per heavy atom. The van der Waals surface area contributed by atoms with Gasteiger partial charge in [-0.3, -0.25) is 15.1 Å². The van der Waals surface area contributed by atoms with Crippen LogP contribution in [-0.4, -0.2) is 54.8 Å². The topological polar surface area (TPSA) is 68.7 Å². The summed E-state index contributed by atoms with van der Waals surface area (Å²) in [7, 11) is 3.71. The van der Waals surface area contributed by atoms with Crippen molar-refractivity contribution in [2.45, 2.75) is 18.9 Å². The maximum Gasteiger partial charge on any atom is 0.260 e. The molecule has 1 saturated heterocycles. The molecule has 2 N–H and O–H groups in total. The van der Waals surface area contributed by atoms with Gasteiger partial charge in [-0.1, -0.05) is 6.07 Å². The predicted molar refractivity (Wildman–Crippen MR) is 114 cm³/mol. The molecule has 28 heavy (non-hydrogen) atoms. The molecule has 0 bridgehead atoms. The van der Waals surface area contributed by atoms with Crippen molar-refractivity contribution < 1.29 is 9.53 Å². The second-order valence-electron chi connectivity index (χ2n) is 6.82. The number of thiophene rings is 1. The first-order valence-electron chi connectivity index (χ1n) is 9.28. The fourth-order valence-corrected chi connectivity index (χ4v) is 3.89. The summed E-state index contributed by atoms with van der Waals surface area (Å²) in [5.74, 6) is 0.849. The lowest BCUT2D eigenvalue weighted by Crippen LogP contribution is -2.48. The van der Waals surface area contributed by atoms with E-state index >= 15 is 0 Å². The maximum atomic E-state index is 13.1. The highest BCUT2D eigenvalue weighted by molar-refractivity contribution is 7.08. The van der Waals surface area contributed by atoms with Gasteiger partial charge in [0.2, 0.25) is 0 Å². The van der Waals surface area contributed by atoms with Gasteiger partial charge in [-0.05, 0) is 62.6 Å². The number of carbonyl (C=O) groups excluding carboxylic acids is 1. The second-order valence-corrected chi connectivity index (χ2v) is 7.60. The van der Waals surface area contributed by atoms with E-state index in [1.807, 2.05) is 41.1 Å². The first-order valence-corrected chi connectivity index (χ1v) is 10.2. The summed E-state index contributed by atoms with van der Waals surface area (Å²) in [4.78, 5) is 16.9. The molecular formula is C21H26N4O2S. The second kappa shape index (κ2) is 9.52. The van der Waals surface area contributed by atoms with Crippen LogP contribution in [0, 0.1) is 5.41 Å². The van der Waals surface area contributed by atoms with Gasteiger partial charge in [0.15, 0.2) is 0 Å². The maximum absolute atomic E-state index is 13.1. The van der Waals surface area contributed by atoms with Crippen molar-refractivity contribution in [1.82, 2.24) is 9.80 Å². The lowest BCUT2D eigenvalue weighted by Gasteiger charge is -2.36. The van der Waals surface area contributed by atoms with Crippen molar-refractivity contribution in [2.75, 3.05) is 32.6 Å². The molecule has 1 aromatic carbocycles. The minimum absolute atomic E-state index is 0.0394. The Kier molecular flexibility index (Phi) is 6.84. The van der Waals surface area contributed by atoms with Crippen LogP contribution in [0.4, 0.5) is 5.69 Å². The molecular weight excluding hydrogens is 372 g/mol. The summed E-state index contributed by atoms with van der Waals surface area (Å²) in [6.07, 6.45) is 5.07. The molecule has 0 radical (unpaired) electrons. The zero-order valence-corrected chi connectivity index (χ0v) is 17.0. The number of hydrogen-bond acceptors (Lipinski definition) is 6. The van der Waals surface area contributed by atoms with E-state index in [0.29, 0.717) is 5.56 Å². The van der Waals surface area contributed by atoms with E-state index in [9.17, 15) is 4.79 Å². The average Bonchev–Trinajstić information content (AvgIpc) is 3.25. The number of ether oxygens (including phenoxy) is 1. The highest BCUT2D eigenvalue weighted by Crippen LogP contribution is 2.21. The number of methoxy groups -OCH3 is 1. The molecule has 1 fully saturated rings. The number of nitrogens with zero attached hydrogens (tertiary/aromatic N) is 2. The van der Waals surface area contributed by atoms with Crippen LogP contribution in [0.15, 0.2) is 53.4 Å². The van der Waals surface area contributed by atoms with Crippen molar-refractivity contribution in [1.29, 1.82) is 5.41 Å². The number of piperidine rings is 1. The zero-order chi connectivity index (χ0) is 19.9. The van der Waals surface area contributed by atoms with Crippen LogP contribution in [0.3, 0.4) is 0 Å². The van der Waals surface area contributed by atoms with Gasteiger partial charge in [-0.2, -0.15) is 11.3 Å². The molecule has 148 valence electrons.